The number of carbonyl (C=O) groups excluding carboxylic acids is 3. The standard InChI is InChI=1S/C25H19NO5/c27-23-20-9-7-17(26-10-12-30-13-11-26)15-22(20)24(28)19-8-6-16(14-21(19)23)25(29)31-18-4-2-1-3-5-18/h1-9,14-15H,10-13H2. The first-order chi connectivity index (χ1) is 15.1. The van der Waals surface area contributed by atoms with E-state index >= 15 is 0 Å². The van der Waals surface area contributed by atoms with Gasteiger partial charge in [-0.2, -0.15) is 0 Å². The fourth-order valence-corrected chi connectivity index (χ4v) is 3.94. The molecular weight excluding hydrogens is 394 g/mol. The van der Waals surface area contributed by atoms with Crippen LogP contribution in [0.15, 0.2) is 66.7 Å². The van der Waals surface area contributed by atoms with E-state index in [2.05, 4.69) is 4.90 Å². The Morgan fingerprint density at radius 1 is 0.774 bits per heavy atom. The number of morpholine rings is 1. The lowest BCUT2D eigenvalue weighted by molar-refractivity contribution is 0.0734. The topological polar surface area (TPSA) is 72.9 Å². The first-order valence-corrected chi connectivity index (χ1v) is 10.1. The number of carbonyl (C=O) groups is 3. The van der Waals surface area contributed by atoms with E-state index in [4.69, 9.17) is 9.47 Å². The summed E-state index contributed by atoms with van der Waals surface area (Å²) in [4.78, 5) is 40.9. The van der Waals surface area contributed by atoms with Gasteiger partial charge in [-0.05, 0) is 48.5 Å². The molecule has 3 aromatic rings. The Morgan fingerprint density at radius 2 is 1.42 bits per heavy atom. The Balaban J connectivity index is 1.46. The van der Waals surface area contributed by atoms with Gasteiger partial charge in [-0.25, -0.2) is 4.79 Å². The minimum absolute atomic E-state index is 0.220. The van der Waals surface area contributed by atoms with Gasteiger partial charge in [0.25, 0.3) is 0 Å². The number of anilines is 1. The molecule has 0 unspecified atom stereocenters. The van der Waals surface area contributed by atoms with Gasteiger partial charge in [-0.3, -0.25) is 9.59 Å². The summed E-state index contributed by atoms with van der Waals surface area (Å²) in [5, 5.41) is 0. The van der Waals surface area contributed by atoms with Gasteiger partial charge in [-0.15, -0.1) is 0 Å². The van der Waals surface area contributed by atoms with E-state index in [-0.39, 0.29) is 22.7 Å². The van der Waals surface area contributed by atoms with Gasteiger partial charge >= 0.3 is 5.97 Å². The van der Waals surface area contributed by atoms with Crippen LogP contribution in [0.3, 0.4) is 0 Å². The van der Waals surface area contributed by atoms with Gasteiger partial charge in [0, 0.05) is 41.0 Å². The highest BCUT2D eigenvalue weighted by molar-refractivity contribution is 6.29. The van der Waals surface area contributed by atoms with Crippen LogP contribution >= 0.6 is 0 Å². The molecule has 0 radical (unpaired) electrons. The Hall–Kier alpha value is -3.77. The predicted octanol–water partition coefficient (Wildman–Crippen LogP) is 3.52. The molecule has 0 atom stereocenters. The van der Waals surface area contributed by atoms with Crippen molar-refractivity contribution in [1.29, 1.82) is 0 Å². The molecule has 1 heterocycles. The van der Waals surface area contributed by atoms with Crippen LogP contribution in [-0.4, -0.2) is 43.8 Å². The average molecular weight is 413 g/mol. The van der Waals surface area contributed by atoms with Crippen molar-refractivity contribution in [1.82, 2.24) is 0 Å². The van der Waals surface area contributed by atoms with Gasteiger partial charge < -0.3 is 14.4 Å². The molecule has 0 N–H and O–H groups in total. The number of esters is 1. The van der Waals surface area contributed by atoms with Crippen molar-refractivity contribution >= 4 is 23.2 Å². The van der Waals surface area contributed by atoms with E-state index in [9.17, 15) is 14.4 Å². The molecule has 2 aliphatic rings. The molecule has 6 heteroatoms. The summed E-state index contributed by atoms with van der Waals surface area (Å²) in [5.74, 6) is -0.661. The molecule has 1 aliphatic heterocycles. The van der Waals surface area contributed by atoms with E-state index in [0.29, 0.717) is 35.7 Å². The van der Waals surface area contributed by atoms with Crippen LogP contribution in [0.1, 0.15) is 42.2 Å². The van der Waals surface area contributed by atoms with Crippen LogP contribution in [0.2, 0.25) is 0 Å². The van der Waals surface area contributed by atoms with E-state index < -0.39 is 5.97 Å². The SMILES string of the molecule is O=C(Oc1ccccc1)c1ccc2c(c1)C(=O)c1ccc(N3CCOCC3)cc1C2=O. The monoisotopic (exact) mass is 413 g/mol. The third-order valence-corrected chi connectivity index (χ3v) is 5.57. The van der Waals surface area contributed by atoms with Gasteiger partial charge in [0.15, 0.2) is 11.6 Å². The minimum atomic E-state index is -0.581. The van der Waals surface area contributed by atoms with Crippen molar-refractivity contribution in [3.05, 3.63) is 94.5 Å². The second-order valence-corrected chi connectivity index (χ2v) is 7.45. The van der Waals surface area contributed by atoms with Crippen molar-refractivity contribution in [3.8, 4) is 5.75 Å². The Bertz CT molecular complexity index is 1200. The van der Waals surface area contributed by atoms with Crippen LogP contribution in [0.5, 0.6) is 5.75 Å². The molecule has 154 valence electrons. The number of benzene rings is 3. The second-order valence-electron chi connectivity index (χ2n) is 7.45. The summed E-state index contributed by atoms with van der Waals surface area (Å²) in [6.45, 7) is 2.75. The highest BCUT2D eigenvalue weighted by Crippen LogP contribution is 2.31. The molecule has 1 saturated heterocycles. The molecule has 5 rings (SSSR count). The zero-order valence-corrected chi connectivity index (χ0v) is 16.7. The maximum absolute atomic E-state index is 13.1. The number of rotatable bonds is 3. The number of hydrogen-bond donors (Lipinski definition) is 0. The number of hydrogen-bond acceptors (Lipinski definition) is 6. The molecule has 0 aromatic heterocycles. The summed E-state index contributed by atoms with van der Waals surface area (Å²) in [5.41, 5.74) is 2.38. The molecule has 6 nitrogen and oxygen atoms in total. The quantitative estimate of drug-likeness (QED) is 0.378. The largest absolute Gasteiger partial charge is 0.423 e. The maximum Gasteiger partial charge on any atom is 0.343 e. The summed E-state index contributed by atoms with van der Waals surface area (Å²) < 4.78 is 10.7. The van der Waals surface area contributed by atoms with Gasteiger partial charge in [0.1, 0.15) is 5.75 Å². The predicted molar refractivity (Wildman–Crippen MR) is 114 cm³/mol. The number of fused-ring (bicyclic) bond motifs is 2. The lowest BCUT2D eigenvalue weighted by atomic mass is 9.83. The molecule has 1 fully saturated rings. The average Bonchev–Trinajstić information content (AvgIpc) is 2.83. The van der Waals surface area contributed by atoms with E-state index in [1.165, 1.54) is 18.2 Å². The molecule has 31 heavy (non-hydrogen) atoms. The van der Waals surface area contributed by atoms with Crippen LogP contribution < -0.4 is 9.64 Å². The van der Waals surface area contributed by atoms with Crippen LogP contribution in [0, 0.1) is 0 Å². The third kappa shape index (κ3) is 3.51. The van der Waals surface area contributed by atoms with Crippen molar-refractivity contribution < 1.29 is 23.9 Å². The van der Waals surface area contributed by atoms with Gasteiger partial charge in [-0.1, -0.05) is 18.2 Å². The Morgan fingerprint density at radius 3 is 2.13 bits per heavy atom. The lowest BCUT2D eigenvalue weighted by Gasteiger charge is -2.30. The van der Waals surface area contributed by atoms with Crippen molar-refractivity contribution in [2.75, 3.05) is 31.2 Å². The second kappa shape index (κ2) is 7.81. The summed E-state index contributed by atoms with van der Waals surface area (Å²) in [6.07, 6.45) is 0. The number of ether oxygens (including phenoxy) is 2. The minimum Gasteiger partial charge on any atom is -0.423 e. The highest BCUT2D eigenvalue weighted by Gasteiger charge is 2.31. The molecule has 3 aromatic carbocycles. The molecular formula is C25H19NO5. The van der Waals surface area contributed by atoms with Crippen molar-refractivity contribution in [2.45, 2.75) is 0 Å². The first-order valence-electron chi connectivity index (χ1n) is 10.1. The Kier molecular flexibility index (Phi) is 4.84. The number of nitrogens with zero attached hydrogens (tertiary/aromatic N) is 1. The molecule has 0 bridgehead atoms. The summed E-state index contributed by atoms with van der Waals surface area (Å²) in [7, 11) is 0. The van der Waals surface area contributed by atoms with Crippen molar-refractivity contribution in [3.63, 3.8) is 0 Å². The fraction of sp³-hybridized carbons (Fsp3) is 0.160. The lowest BCUT2D eigenvalue weighted by Crippen LogP contribution is -2.36. The van der Waals surface area contributed by atoms with Crippen LogP contribution in [0.4, 0.5) is 5.69 Å². The number of ketones is 2. The molecule has 0 amide bonds. The molecule has 0 spiro atoms. The van der Waals surface area contributed by atoms with Crippen molar-refractivity contribution in [2.24, 2.45) is 0 Å². The summed E-state index contributed by atoms with van der Waals surface area (Å²) in [6, 6.07) is 18.5. The highest BCUT2D eigenvalue weighted by atomic mass is 16.5. The van der Waals surface area contributed by atoms with Gasteiger partial charge in [0.2, 0.25) is 0 Å². The van der Waals surface area contributed by atoms with E-state index in [1.807, 2.05) is 12.1 Å². The zero-order chi connectivity index (χ0) is 21.4. The molecule has 1 aliphatic carbocycles. The zero-order valence-electron chi connectivity index (χ0n) is 16.7. The number of para-hydroxylation sites is 1. The van der Waals surface area contributed by atoms with Gasteiger partial charge in [0.05, 0.1) is 18.8 Å². The van der Waals surface area contributed by atoms with E-state index in [1.54, 1.807) is 36.4 Å². The maximum atomic E-state index is 13.1. The summed E-state index contributed by atoms with van der Waals surface area (Å²) >= 11 is 0. The third-order valence-electron chi connectivity index (χ3n) is 5.57. The molecule has 0 saturated carbocycles. The van der Waals surface area contributed by atoms with Crippen LogP contribution in [-0.2, 0) is 4.74 Å². The van der Waals surface area contributed by atoms with Crippen LogP contribution in [0.25, 0.3) is 0 Å². The Labute approximate surface area is 179 Å². The first kappa shape index (κ1) is 19.2. The normalized spacial score (nSPS) is 15.3. The fourth-order valence-electron chi connectivity index (χ4n) is 3.94. The van der Waals surface area contributed by atoms with E-state index in [0.717, 1.165) is 18.8 Å². The smallest absolute Gasteiger partial charge is 0.343 e.